The average molecular weight is 377 g/mol. The molecule has 2 heterocycles. The van der Waals surface area contributed by atoms with Crippen molar-refractivity contribution in [3.05, 3.63) is 60.7 Å². The minimum absolute atomic E-state index is 0.120. The molecule has 144 valence electrons. The van der Waals surface area contributed by atoms with Gasteiger partial charge in [-0.3, -0.25) is 14.8 Å². The van der Waals surface area contributed by atoms with Gasteiger partial charge in [-0.1, -0.05) is 12.1 Å². The third kappa shape index (κ3) is 3.91. The number of aromatic nitrogens is 2. The molecule has 2 aromatic heterocycles. The molecule has 0 saturated heterocycles. The molecule has 0 spiro atoms. The van der Waals surface area contributed by atoms with Crippen LogP contribution in [-0.4, -0.2) is 35.1 Å². The summed E-state index contributed by atoms with van der Waals surface area (Å²) in [6.07, 6.45) is 10.5. The standard InChI is InChI=1S/C22H23N3O3/c1-27-21-14-24-12-10-19(21)22(26)25-16-5-7-17(8-6-16)28-20-4-2-3-15-13-23-11-9-18(15)20/h2-4,9-14,16-17H,5-8H2,1H3,(H,25,26). The number of pyridine rings is 2. The summed E-state index contributed by atoms with van der Waals surface area (Å²) in [5, 5.41) is 5.27. The topological polar surface area (TPSA) is 73.3 Å². The molecule has 0 bridgehead atoms. The number of nitrogens with one attached hydrogen (secondary N) is 1. The first-order valence-electron chi connectivity index (χ1n) is 9.53. The summed E-state index contributed by atoms with van der Waals surface area (Å²) in [6, 6.07) is 9.84. The quantitative estimate of drug-likeness (QED) is 0.733. The van der Waals surface area contributed by atoms with Crippen LogP contribution >= 0.6 is 0 Å². The third-order valence-electron chi connectivity index (χ3n) is 5.19. The van der Waals surface area contributed by atoms with E-state index in [9.17, 15) is 4.79 Å². The number of benzene rings is 1. The average Bonchev–Trinajstić information content (AvgIpc) is 2.75. The van der Waals surface area contributed by atoms with Crippen LogP contribution in [0.2, 0.25) is 0 Å². The van der Waals surface area contributed by atoms with E-state index in [1.54, 1.807) is 31.8 Å². The molecule has 1 aromatic carbocycles. The number of amides is 1. The van der Waals surface area contributed by atoms with Crippen LogP contribution in [0.5, 0.6) is 11.5 Å². The van der Waals surface area contributed by atoms with Crippen molar-refractivity contribution in [3.8, 4) is 11.5 Å². The maximum Gasteiger partial charge on any atom is 0.255 e. The van der Waals surface area contributed by atoms with Gasteiger partial charge in [0.05, 0.1) is 25.0 Å². The Kier molecular flexibility index (Phi) is 5.37. The lowest BCUT2D eigenvalue weighted by Gasteiger charge is -2.30. The number of fused-ring (bicyclic) bond motifs is 1. The van der Waals surface area contributed by atoms with Gasteiger partial charge in [0, 0.05) is 35.4 Å². The van der Waals surface area contributed by atoms with Crippen LogP contribution in [0.15, 0.2) is 55.1 Å². The lowest BCUT2D eigenvalue weighted by atomic mass is 9.92. The number of hydrogen-bond acceptors (Lipinski definition) is 5. The van der Waals surface area contributed by atoms with Crippen LogP contribution in [-0.2, 0) is 0 Å². The first kappa shape index (κ1) is 18.2. The summed E-state index contributed by atoms with van der Waals surface area (Å²) in [7, 11) is 1.54. The van der Waals surface area contributed by atoms with Crippen LogP contribution in [0.4, 0.5) is 0 Å². The van der Waals surface area contributed by atoms with Crippen molar-refractivity contribution in [3.63, 3.8) is 0 Å². The second-order valence-electron chi connectivity index (χ2n) is 6.99. The van der Waals surface area contributed by atoms with Gasteiger partial charge in [-0.2, -0.15) is 0 Å². The van der Waals surface area contributed by atoms with Gasteiger partial charge in [0.2, 0.25) is 0 Å². The Labute approximate surface area is 163 Å². The van der Waals surface area contributed by atoms with E-state index in [0.29, 0.717) is 11.3 Å². The van der Waals surface area contributed by atoms with Crippen LogP contribution in [0.1, 0.15) is 36.0 Å². The van der Waals surface area contributed by atoms with Gasteiger partial charge in [0.25, 0.3) is 5.91 Å². The summed E-state index contributed by atoms with van der Waals surface area (Å²) < 4.78 is 11.5. The minimum Gasteiger partial charge on any atom is -0.494 e. The van der Waals surface area contributed by atoms with Crippen LogP contribution in [0, 0.1) is 0 Å². The number of rotatable bonds is 5. The normalized spacial score (nSPS) is 19.2. The highest BCUT2D eigenvalue weighted by Crippen LogP contribution is 2.29. The molecule has 1 fully saturated rings. The predicted octanol–water partition coefficient (Wildman–Crippen LogP) is 3.76. The summed E-state index contributed by atoms with van der Waals surface area (Å²) in [5.74, 6) is 1.27. The Morgan fingerprint density at radius 3 is 2.61 bits per heavy atom. The molecule has 1 amide bonds. The van der Waals surface area contributed by atoms with E-state index in [4.69, 9.17) is 9.47 Å². The van der Waals surface area contributed by atoms with Crippen molar-refractivity contribution >= 4 is 16.7 Å². The number of nitrogens with zero attached hydrogens (tertiary/aromatic N) is 2. The molecule has 6 heteroatoms. The number of carbonyl (C=O) groups is 1. The zero-order valence-electron chi connectivity index (χ0n) is 15.8. The molecule has 0 radical (unpaired) electrons. The van der Waals surface area contributed by atoms with E-state index in [0.717, 1.165) is 42.2 Å². The van der Waals surface area contributed by atoms with Crippen molar-refractivity contribution < 1.29 is 14.3 Å². The molecule has 6 nitrogen and oxygen atoms in total. The predicted molar refractivity (Wildman–Crippen MR) is 107 cm³/mol. The molecule has 0 atom stereocenters. The van der Waals surface area contributed by atoms with Crippen molar-refractivity contribution in [2.75, 3.05) is 7.11 Å². The Bertz CT molecular complexity index is 963. The van der Waals surface area contributed by atoms with E-state index >= 15 is 0 Å². The summed E-state index contributed by atoms with van der Waals surface area (Å²) >= 11 is 0. The molecule has 1 aliphatic rings. The van der Waals surface area contributed by atoms with Gasteiger partial charge < -0.3 is 14.8 Å². The van der Waals surface area contributed by atoms with Gasteiger partial charge in [-0.05, 0) is 43.9 Å². The maximum absolute atomic E-state index is 12.6. The molecular weight excluding hydrogens is 354 g/mol. The lowest BCUT2D eigenvalue weighted by molar-refractivity contribution is 0.0892. The molecule has 1 aliphatic carbocycles. The van der Waals surface area contributed by atoms with Gasteiger partial charge in [-0.25, -0.2) is 0 Å². The van der Waals surface area contributed by atoms with E-state index in [1.165, 1.54) is 0 Å². The van der Waals surface area contributed by atoms with Gasteiger partial charge in [-0.15, -0.1) is 0 Å². The van der Waals surface area contributed by atoms with E-state index in [2.05, 4.69) is 15.3 Å². The second-order valence-corrected chi connectivity index (χ2v) is 6.99. The molecule has 3 aromatic rings. The van der Waals surface area contributed by atoms with E-state index < -0.39 is 0 Å². The fraction of sp³-hybridized carbons (Fsp3) is 0.318. The fourth-order valence-electron chi connectivity index (χ4n) is 3.69. The number of carbonyl (C=O) groups excluding carboxylic acids is 1. The lowest BCUT2D eigenvalue weighted by Crippen LogP contribution is -2.39. The highest BCUT2D eigenvalue weighted by Gasteiger charge is 2.25. The van der Waals surface area contributed by atoms with Crippen molar-refractivity contribution in [1.82, 2.24) is 15.3 Å². The Balaban J connectivity index is 1.35. The maximum atomic E-state index is 12.6. The third-order valence-corrected chi connectivity index (χ3v) is 5.19. The SMILES string of the molecule is COc1cnccc1C(=O)NC1CCC(Oc2cccc3cnccc23)CC1. The van der Waals surface area contributed by atoms with Crippen LogP contribution < -0.4 is 14.8 Å². The first-order chi connectivity index (χ1) is 13.7. The number of ether oxygens (including phenoxy) is 2. The molecule has 28 heavy (non-hydrogen) atoms. The molecule has 1 saturated carbocycles. The van der Waals surface area contributed by atoms with Gasteiger partial charge in [0.1, 0.15) is 11.5 Å². The zero-order valence-corrected chi connectivity index (χ0v) is 15.8. The number of methoxy groups -OCH3 is 1. The van der Waals surface area contributed by atoms with E-state index in [1.807, 2.05) is 30.5 Å². The van der Waals surface area contributed by atoms with Crippen molar-refractivity contribution in [2.24, 2.45) is 0 Å². The van der Waals surface area contributed by atoms with Crippen molar-refractivity contribution in [2.45, 2.75) is 37.8 Å². The van der Waals surface area contributed by atoms with Crippen LogP contribution in [0.3, 0.4) is 0 Å². The fourth-order valence-corrected chi connectivity index (χ4v) is 3.69. The first-order valence-corrected chi connectivity index (χ1v) is 9.53. The summed E-state index contributed by atoms with van der Waals surface area (Å²) in [4.78, 5) is 20.7. The molecule has 0 unspecified atom stereocenters. The van der Waals surface area contributed by atoms with Gasteiger partial charge in [0.15, 0.2) is 0 Å². The summed E-state index contributed by atoms with van der Waals surface area (Å²) in [5.41, 5.74) is 0.514. The highest BCUT2D eigenvalue weighted by atomic mass is 16.5. The Morgan fingerprint density at radius 1 is 1.00 bits per heavy atom. The smallest absolute Gasteiger partial charge is 0.255 e. The van der Waals surface area contributed by atoms with Gasteiger partial charge >= 0.3 is 0 Å². The molecule has 0 aliphatic heterocycles. The largest absolute Gasteiger partial charge is 0.494 e. The van der Waals surface area contributed by atoms with Crippen LogP contribution in [0.25, 0.3) is 10.8 Å². The minimum atomic E-state index is -0.120. The molecule has 4 rings (SSSR count). The Hall–Kier alpha value is -3.15. The Morgan fingerprint density at radius 2 is 1.79 bits per heavy atom. The van der Waals surface area contributed by atoms with E-state index in [-0.39, 0.29) is 18.1 Å². The second kappa shape index (κ2) is 8.25. The monoisotopic (exact) mass is 377 g/mol. The number of hydrogen-bond donors (Lipinski definition) is 1. The molecule has 1 N–H and O–H groups in total. The highest BCUT2D eigenvalue weighted by molar-refractivity contribution is 5.96. The van der Waals surface area contributed by atoms with Crippen molar-refractivity contribution in [1.29, 1.82) is 0 Å². The molecular formula is C22H23N3O3. The zero-order chi connectivity index (χ0) is 19.3. The summed E-state index contributed by atoms with van der Waals surface area (Å²) in [6.45, 7) is 0.